The van der Waals surface area contributed by atoms with Gasteiger partial charge >= 0.3 is 0 Å². The number of nitrogens with one attached hydrogen (secondary N) is 1. The number of methoxy groups -OCH3 is 1. The van der Waals surface area contributed by atoms with Crippen LogP contribution < -0.4 is 5.32 Å². The number of aryl methyl sites for hydroxylation is 1. The van der Waals surface area contributed by atoms with E-state index in [0.717, 1.165) is 11.1 Å². The van der Waals surface area contributed by atoms with E-state index in [1.54, 1.807) is 7.11 Å². The highest BCUT2D eigenvalue weighted by atomic mass is 19.1. The van der Waals surface area contributed by atoms with E-state index in [4.69, 9.17) is 4.74 Å². The SMILES string of the molecule is COCc1cccc(CNc2cc(F)c(C)cc2F)c1. The van der Waals surface area contributed by atoms with Crippen molar-refractivity contribution in [1.82, 2.24) is 0 Å². The van der Waals surface area contributed by atoms with E-state index in [9.17, 15) is 8.78 Å². The Morgan fingerprint density at radius 2 is 1.80 bits per heavy atom. The van der Waals surface area contributed by atoms with Gasteiger partial charge in [0.1, 0.15) is 11.6 Å². The zero-order valence-corrected chi connectivity index (χ0v) is 11.5. The van der Waals surface area contributed by atoms with Crippen molar-refractivity contribution in [2.24, 2.45) is 0 Å². The summed E-state index contributed by atoms with van der Waals surface area (Å²) in [4.78, 5) is 0. The third-order valence-corrected chi connectivity index (χ3v) is 3.03. The first-order chi connectivity index (χ1) is 9.60. The van der Waals surface area contributed by atoms with Gasteiger partial charge in [-0.05, 0) is 29.7 Å². The molecular weight excluding hydrogens is 260 g/mol. The molecule has 0 amide bonds. The molecule has 0 fully saturated rings. The van der Waals surface area contributed by atoms with Gasteiger partial charge in [-0.25, -0.2) is 8.78 Å². The molecule has 2 aromatic carbocycles. The summed E-state index contributed by atoms with van der Waals surface area (Å²) in [5, 5.41) is 2.91. The molecule has 1 N–H and O–H groups in total. The molecule has 20 heavy (non-hydrogen) atoms. The summed E-state index contributed by atoms with van der Waals surface area (Å²) in [5.74, 6) is -0.862. The van der Waals surface area contributed by atoms with E-state index in [2.05, 4.69) is 5.32 Å². The molecule has 2 nitrogen and oxygen atoms in total. The second-order valence-electron chi connectivity index (χ2n) is 4.69. The molecule has 0 aliphatic rings. The normalized spacial score (nSPS) is 10.6. The van der Waals surface area contributed by atoms with Crippen molar-refractivity contribution in [3.63, 3.8) is 0 Å². The van der Waals surface area contributed by atoms with Crippen LogP contribution in [0.2, 0.25) is 0 Å². The molecular formula is C16H17F2NO. The van der Waals surface area contributed by atoms with Gasteiger partial charge in [-0.15, -0.1) is 0 Å². The Bertz CT molecular complexity index is 599. The molecule has 0 unspecified atom stereocenters. The monoisotopic (exact) mass is 277 g/mol. The van der Waals surface area contributed by atoms with Crippen LogP contribution >= 0.6 is 0 Å². The molecule has 0 bridgehead atoms. The Kier molecular flexibility index (Phi) is 4.69. The van der Waals surface area contributed by atoms with Gasteiger partial charge in [-0.1, -0.05) is 24.3 Å². The van der Waals surface area contributed by atoms with E-state index in [1.165, 1.54) is 19.1 Å². The average Bonchev–Trinajstić information content (AvgIpc) is 2.42. The largest absolute Gasteiger partial charge is 0.380 e. The van der Waals surface area contributed by atoms with Gasteiger partial charge < -0.3 is 10.1 Å². The molecule has 0 heterocycles. The van der Waals surface area contributed by atoms with Crippen LogP contribution in [-0.2, 0) is 17.9 Å². The highest BCUT2D eigenvalue weighted by Crippen LogP contribution is 2.19. The molecule has 0 saturated heterocycles. The molecule has 2 rings (SSSR count). The topological polar surface area (TPSA) is 21.3 Å². The van der Waals surface area contributed by atoms with Crippen LogP contribution in [0.5, 0.6) is 0 Å². The summed E-state index contributed by atoms with van der Waals surface area (Å²) in [7, 11) is 1.63. The fourth-order valence-electron chi connectivity index (χ4n) is 1.98. The lowest BCUT2D eigenvalue weighted by atomic mass is 10.1. The van der Waals surface area contributed by atoms with Gasteiger partial charge in [0.15, 0.2) is 0 Å². The van der Waals surface area contributed by atoms with Crippen LogP contribution in [0.15, 0.2) is 36.4 Å². The summed E-state index contributed by atoms with van der Waals surface area (Å²) >= 11 is 0. The summed E-state index contributed by atoms with van der Waals surface area (Å²) in [6.45, 7) is 2.49. The fraction of sp³-hybridized carbons (Fsp3) is 0.250. The number of ether oxygens (including phenoxy) is 1. The lowest BCUT2D eigenvalue weighted by molar-refractivity contribution is 0.185. The lowest BCUT2D eigenvalue weighted by Crippen LogP contribution is -2.03. The Morgan fingerprint density at radius 3 is 2.55 bits per heavy atom. The van der Waals surface area contributed by atoms with Gasteiger partial charge in [-0.2, -0.15) is 0 Å². The molecule has 106 valence electrons. The van der Waals surface area contributed by atoms with E-state index >= 15 is 0 Å². The van der Waals surface area contributed by atoms with Crippen LogP contribution in [0.4, 0.5) is 14.5 Å². The van der Waals surface area contributed by atoms with Crippen molar-refractivity contribution in [2.75, 3.05) is 12.4 Å². The average molecular weight is 277 g/mol. The maximum atomic E-state index is 13.7. The van der Waals surface area contributed by atoms with Crippen molar-refractivity contribution in [2.45, 2.75) is 20.1 Å². The zero-order chi connectivity index (χ0) is 14.5. The highest BCUT2D eigenvalue weighted by Gasteiger charge is 2.07. The van der Waals surface area contributed by atoms with E-state index in [0.29, 0.717) is 18.7 Å². The Morgan fingerprint density at radius 1 is 1.05 bits per heavy atom. The Balaban J connectivity index is 2.08. The highest BCUT2D eigenvalue weighted by molar-refractivity contribution is 5.47. The van der Waals surface area contributed by atoms with Gasteiger partial charge in [0.2, 0.25) is 0 Å². The second kappa shape index (κ2) is 6.48. The van der Waals surface area contributed by atoms with Gasteiger partial charge in [0.05, 0.1) is 12.3 Å². The minimum atomic E-state index is -0.447. The molecule has 2 aromatic rings. The number of benzene rings is 2. The minimum absolute atomic E-state index is 0.172. The van der Waals surface area contributed by atoms with Crippen molar-refractivity contribution in [1.29, 1.82) is 0 Å². The third-order valence-electron chi connectivity index (χ3n) is 3.03. The quantitative estimate of drug-likeness (QED) is 0.891. The van der Waals surface area contributed by atoms with Crippen LogP contribution in [0.1, 0.15) is 16.7 Å². The van der Waals surface area contributed by atoms with Crippen molar-refractivity contribution >= 4 is 5.69 Å². The number of rotatable bonds is 5. The molecule has 0 aliphatic carbocycles. The van der Waals surface area contributed by atoms with Crippen LogP contribution in [0, 0.1) is 18.6 Å². The number of anilines is 1. The summed E-state index contributed by atoms with van der Waals surface area (Å²) < 4.78 is 32.2. The maximum Gasteiger partial charge on any atom is 0.146 e. The number of hydrogen-bond donors (Lipinski definition) is 1. The maximum absolute atomic E-state index is 13.7. The number of hydrogen-bond acceptors (Lipinski definition) is 2. The second-order valence-corrected chi connectivity index (χ2v) is 4.69. The molecule has 0 aliphatic heterocycles. The standard InChI is InChI=1S/C16H17F2NO/c1-11-6-15(18)16(8-14(11)17)19-9-12-4-3-5-13(7-12)10-20-2/h3-8,19H,9-10H2,1-2H3. The predicted molar refractivity (Wildman–Crippen MR) is 75.6 cm³/mol. The first kappa shape index (κ1) is 14.5. The number of halogens is 2. The van der Waals surface area contributed by atoms with Gasteiger partial charge in [-0.3, -0.25) is 0 Å². The smallest absolute Gasteiger partial charge is 0.146 e. The van der Waals surface area contributed by atoms with Crippen LogP contribution in [0.25, 0.3) is 0 Å². The van der Waals surface area contributed by atoms with E-state index in [-0.39, 0.29) is 5.69 Å². The molecule has 0 radical (unpaired) electrons. The lowest BCUT2D eigenvalue weighted by Gasteiger charge is -2.10. The Hall–Kier alpha value is -1.94. The van der Waals surface area contributed by atoms with E-state index < -0.39 is 11.6 Å². The van der Waals surface area contributed by atoms with Gasteiger partial charge in [0.25, 0.3) is 0 Å². The fourth-order valence-corrected chi connectivity index (χ4v) is 1.98. The van der Waals surface area contributed by atoms with Crippen LogP contribution in [0.3, 0.4) is 0 Å². The third kappa shape index (κ3) is 3.54. The minimum Gasteiger partial charge on any atom is -0.380 e. The molecule has 0 spiro atoms. The zero-order valence-electron chi connectivity index (χ0n) is 11.5. The van der Waals surface area contributed by atoms with Crippen molar-refractivity contribution in [3.05, 3.63) is 64.7 Å². The summed E-state index contributed by atoms with van der Waals surface area (Å²) in [5.41, 5.74) is 2.50. The molecule has 0 saturated carbocycles. The molecule has 0 aromatic heterocycles. The first-order valence-corrected chi connectivity index (χ1v) is 6.36. The first-order valence-electron chi connectivity index (χ1n) is 6.36. The molecule has 4 heteroatoms. The Labute approximate surface area is 117 Å². The van der Waals surface area contributed by atoms with Crippen LogP contribution in [-0.4, -0.2) is 7.11 Å². The summed E-state index contributed by atoms with van der Waals surface area (Å²) in [6.07, 6.45) is 0. The van der Waals surface area contributed by atoms with E-state index in [1.807, 2.05) is 24.3 Å². The molecule has 0 atom stereocenters. The predicted octanol–water partition coefficient (Wildman–Crippen LogP) is 4.03. The van der Waals surface area contributed by atoms with Gasteiger partial charge in [0, 0.05) is 19.7 Å². The van der Waals surface area contributed by atoms with Crippen molar-refractivity contribution in [3.8, 4) is 0 Å². The summed E-state index contributed by atoms with van der Waals surface area (Å²) in [6, 6.07) is 10.1. The van der Waals surface area contributed by atoms with Crippen molar-refractivity contribution < 1.29 is 13.5 Å².